The summed E-state index contributed by atoms with van der Waals surface area (Å²) in [6.45, 7) is 1.50. The third-order valence-corrected chi connectivity index (χ3v) is 4.12. The fourth-order valence-electron chi connectivity index (χ4n) is 2.21. The minimum atomic E-state index is -1.03. The van der Waals surface area contributed by atoms with Crippen molar-refractivity contribution < 1.29 is 14.9 Å². The number of aromatic nitrogens is 2. The Morgan fingerprint density at radius 3 is 2.95 bits per heavy atom. The van der Waals surface area contributed by atoms with E-state index in [0.29, 0.717) is 10.9 Å². The highest BCUT2D eigenvalue weighted by atomic mass is 79.9. The molecule has 4 N–H and O–H groups in total. The Morgan fingerprint density at radius 1 is 1.74 bits per heavy atom. The highest BCUT2D eigenvalue weighted by Gasteiger charge is 2.47. The largest absolute Gasteiger partial charge is 0.393 e. The first-order valence-corrected chi connectivity index (χ1v) is 6.73. The predicted octanol–water partition coefficient (Wildman–Crippen LogP) is 0.00890. The van der Waals surface area contributed by atoms with Gasteiger partial charge < -0.3 is 20.7 Å². The van der Waals surface area contributed by atoms with E-state index in [4.69, 9.17) is 10.5 Å². The topological polar surface area (TPSA) is 111 Å². The minimum Gasteiger partial charge on any atom is -0.393 e. The second-order valence-corrected chi connectivity index (χ2v) is 5.42. The SMILES string of the molecule is CCC1(CO)O[C@H](n2cc(Br)c(N)nc2=O)C[C@@H]1O. The first-order chi connectivity index (χ1) is 8.93. The van der Waals surface area contributed by atoms with Crippen LogP contribution in [0.5, 0.6) is 0 Å². The van der Waals surface area contributed by atoms with Gasteiger partial charge in [0.2, 0.25) is 0 Å². The highest BCUT2D eigenvalue weighted by Crippen LogP contribution is 2.38. The highest BCUT2D eigenvalue weighted by molar-refractivity contribution is 9.10. The maximum atomic E-state index is 11.8. The van der Waals surface area contributed by atoms with E-state index in [-0.39, 0.29) is 18.8 Å². The van der Waals surface area contributed by atoms with Crippen LogP contribution < -0.4 is 11.4 Å². The lowest BCUT2D eigenvalue weighted by atomic mass is 9.95. The summed E-state index contributed by atoms with van der Waals surface area (Å²) in [7, 11) is 0. The number of ether oxygens (including phenoxy) is 1. The number of aliphatic hydroxyl groups is 2. The number of nitrogens with zero attached hydrogens (tertiary/aromatic N) is 2. The number of aliphatic hydroxyl groups excluding tert-OH is 2. The van der Waals surface area contributed by atoms with Crippen molar-refractivity contribution in [1.82, 2.24) is 9.55 Å². The van der Waals surface area contributed by atoms with E-state index in [1.54, 1.807) is 0 Å². The third kappa shape index (κ3) is 2.40. The van der Waals surface area contributed by atoms with Gasteiger partial charge >= 0.3 is 5.69 Å². The zero-order chi connectivity index (χ0) is 14.2. The van der Waals surface area contributed by atoms with E-state index in [2.05, 4.69) is 20.9 Å². The molecule has 1 aromatic heterocycles. The van der Waals surface area contributed by atoms with Gasteiger partial charge in [-0.05, 0) is 22.4 Å². The van der Waals surface area contributed by atoms with Crippen LogP contribution in [-0.2, 0) is 4.74 Å². The molecule has 0 aromatic carbocycles. The van der Waals surface area contributed by atoms with Crippen molar-refractivity contribution >= 4 is 21.7 Å². The molecule has 0 bridgehead atoms. The summed E-state index contributed by atoms with van der Waals surface area (Å²) < 4.78 is 7.42. The molecular weight excluding hydrogens is 318 g/mol. The van der Waals surface area contributed by atoms with Crippen LogP contribution in [0.3, 0.4) is 0 Å². The molecule has 0 aliphatic carbocycles. The Balaban J connectivity index is 2.36. The zero-order valence-electron chi connectivity index (χ0n) is 10.4. The molecule has 0 spiro atoms. The normalized spacial score (nSPS) is 30.7. The molecule has 0 radical (unpaired) electrons. The van der Waals surface area contributed by atoms with Crippen molar-refractivity contribution in [2.75, 3.05) is 12.3 Å². The lowest BCUT2D eigenvalue weighted by Gasteiger charge is -2.28. The van der Waals surface area contributed by atoms with E-state index < -0.39 is 23.6 Å². The van der Waals surface area contributed by atoms with Crippen molar-refractivity contribution in [3.8, 4) is 0 Å². The first kappa shape index (κ1) is 14.4. The van der Waals surface area contributed by atoms with Gasteiger partial charge in [-0.15, -0.1) is 0 Å². The van der Waals surface area contributed by atoms with E-state index >= 15 is 0 Å². The van der Waals surface area contributed by atoms with E-state index in [0.717, 1.165) is 0 Å². The molecule has 1 aromatic rings. The smallest absolute Gasteiger partial charge is 0.351 e. The molecule has 1 aliphatic heterocycles. The van der Waals surface area contributed by atoms with Crippen LogP contribution in [0.25, 0.3) is 0 Å². The second kappa shape index (κ2) is 5.20. The lowest BCUT2D eigenvalue weighted by Crippen LogP contribution is -2.42. The van der Waals surface area contributed by atoms with Crippen LogP contribution in [-0.4, -0.2) is 38.1 Å². The Labute approximate surface area is 118 Å². The molecule has 8 heteroatoms. The Hall–Kier alpha value is -0.960. The summed E-state index contributed by atoms with van der Waals surface area (Å²) in [6, 6.07) is 0. The van der Waals surface area contributed by atoms with Crippen molar-refractivity contribution in [1.29, 1.82) is 0 Å². The number of hydrogen-bond acceptors (Lipinski definition) is 6. The fraction of sp³-hybridized carbons (Fsp3) is 0.636. The number of hydrogen-bond donors (Lipinski definition) is 3. The standard InChI is InChI=1S/C11H16BrN3O4/c1-2-11(5-16)7(17)3-8(19-11)15-4-6(12)9(13)14-10(15)18/h4,7-8,16-17H,2-3,5H2,1H3,(H2,13,14,18)/t7-,8-,11?/m0/s1. The van der Waals surface area contributed by atoms with Gasteiger partial charge in [-0.1, -0.05) is 6.92 Å². The molecule has 0 amide bonds. The number of anilines is 1. The van der Waals surface area contributed by atoms with Crippen LogP contribution in [0, 0.1) is 0 Å². The molecule has 106 valence electrons. The van der Waals surface area contributed by atoms with Gasteiger partial charge in [-0.2, -0.15) is 4.98 Å². The van der Waals surface area contributed by atoms with Gasteiger partial charge in [-0.25, -0.2) is 4.79 Å². The van der Waals surface area contributed by atoms with Gasteiger partial charge in [0.05, 0.1) is 17.2 Å². The number of rotatable bonds is 3. The van der Waals surface area contributed by atoms with Crippen molar-refractivity contribution in [2.24, 2.45) is 0 Å². The van der Waals surface area contributed by atoms with Gasteiger partial charge in [0.15, 0.2) is 0 Å². The summed E-state index contributed by atoms with van der Waals surface area (Å²) in [5, 5.41) is 19.4. The Bertz CT molecular complexity index is 529. The molecular formula is C11H16BrN3O4. The molecule has 1 fully saturated rings. The van der Waals surface area contributed by atoms with Gasteiger partial charge in [0.25, 0.3) is 0 Å². The summed E-state index contributed by atoms with van der Waals surface area (Å²) >= 11 is 3.19. The number of halogens is 1. The molecule has 19 heavy (non-hydrogen) atoms. The van der Waals surface area contributed by atoms with Crippen molar-refractivity contribution in [3.05, 3.63) is 21.2 Å². The van der Waals surface area contributed by atoms with Crippen LogP contribution in [0.4, 0.5) is 5.82 Å². The second-order valence-electron chi connectivity index (χ2n) is 4.56. The maximum Gasteiger partial charge on any atom is 0.351 e. The molecule has 1 aliphatic rings. The molecule has 0 saturated carbocycles. The summed E-state index contributed by atoms with van der Waals surface area (Å²) in [6.07, 6.45) is 0.631. The summed E-state index contributed by atoms with van der Waals surface area (Å²) in [4.78, 5) is 15.5. The van der Waals surface area contributed by atoms with Gasteiger partial charge in [0.1, 0.15) is 17.6 Å². The van der Waals surface area contributed by atoms with E-state index in [1.165, 1.54) is 10.8 Å². The van der Waals surface area contributed by atoms with Crippen LogP contribution >= 0.6 is 15.9 Å². The van der Waals surface area contributed by atoms with Crippen molar-refractivity contribution in [3.63, 3.8) is 0 Å². The first-order valence-electron chi connectivity index (χ1n) is 5.94. The van der Waals surface area contributed by atoms with Gasteiger partial charge in [-0.3, -0.25) is 4.57 Å². The lowest BCUT2D eigenvalue weighted by molar-refractivity contribution is -0.130. The van der Waals surface area contributed by atoms with Crippen molar-refractivity contribution in [2.45, 2.75) is 37.7 Å². The molecule has 7 nitrogen and oxygen atoms in total. The monoisotopic (exact) mass is 333 g/mol. The molecule has 1 unspecified atom stereocenters. The van der Waals surface area contributed by atoms with Crippen LogP contribution in [0.2, 0.25) is 0 Å². The average molecular weight is 334 g/mol. The molecule has 2 rings (SSSR count). The minimum absolute atomic E-state index is 0.101. The van der Waals surface area contributed by atoms with E-state index in [9.17, 15) is 15.0 Å². The Morgan fingerprint density at radius 2 is 2.42 bits per heavy atom. The Kier molecular flexibility index (Phi) is 3.95. The molecule has 3 atom stereocenters. The van der Waals surface area contributed by atoms with Crippen LogP contribution in [0.1, 0.15) is 26.0 Å². The average Bonchev–Trinajstić information content (AvgIpc) is 2.71. The van der Waals surface area contributed by atoms with E-state index in [1.807, 2.05) is 6.92 Å². The molecule has 2 heterocycles. The van der Waals surface area contributed by atoms with Crippen LogP contribution in [0.15, 0.2) is 15.5 Å². The summed E-state index contributed by atoms with van der Waals surface area (Å²) in [5.41, 5.74) is 3.94. The third-order valence-electron chi connectivity index (χ3n) is 3.51. The summed E-state index contributed by atoms with van der Waals surface area (Å²) in [5.74, 6) is 0.101. The van der Waals surface area contributed by atoms with Gasteiger partial charge in [0, 0.05) is 12.6 Å². The zero-order valence-corrected chi connectivity index (χ0v) is 12.0. The predicted molar refractivity (Wildman–Crippen MR) is 71.5 cm³/mol. The maximum absolute atomic E-state index is 11.8. The number of nitrogens with two attached hydrogens (primary N) is 1. The number of nitrogen functional groups attached to an aromatic ring is 1. The molecule has 1 saturated heterocycles. The quantitative estimate of drug-likeness (QED) is 0.718. The fourth-order valence-corrected chi connectivity index (χ4v) is 2.52.